The second-order valence-corrected chi connectivity index (χ2v) is 12.4. The highest BCUT2D eigenvalue weighted by molar-refractivity contribution is 8.32. The van der Waals surface area contributed by atoms with Crippen molar-refractivity contribution in [3.8, 4) is 0 Å². The molecule has 4 rings (SSSR count). The molecule has 0 aliphatic heterocycles. The van der Waals surface area contributed by atoms with E-state index in [0.29, 0.717) is 21.9 Å². The Morgan fingerprint density at radius 2 is 0.784 bits per heavy atom. The normalized spacial score (nSPS) is 13.4. The molecular weight excluding hydrogens is 538 g/mol. The largest absolute Gasteiger partial charge is 0.422 e. The number of benzene rings is 4. The van der Waals surface area contributed by atoms with Crippen molar-refractivity contribution in [1.82, 2.24) is 0 Å². The number of hydrogen-bond acceptors (Lipinski definition) is 2. The fourth-order valence-corrected chi connectivity index (χ4v) is 9.10. The van der Waals surface area contributed by atoms with E-state index >= 15 is 0 Å². The summed E-state index contributed by atoms with van der Waals surface area (Å²) in [5, 5.41) is 0. The summed E-state index contributed by atoms with van der Waals surface area (Å²) in [6.45, 7) is 0. The molecular formula is C26H19F6O3S2+. The first-order valence-electron chi connectivity index (χ1n) is 10.6. The highest BCUT2D eigenvalue weighted by Gasteiger charge is 2.44. The molecule has 0 radical (unpaired) electrons. The molecule has 0 amide bonds. The molecule has 0 saturated carbocycles. The average Bonchev–Trinajstić information content (AvgIpc) is 2.87. The molecule has 4 aromatic carbocycles. The van der Waals surface area contributed by atoms with Crippen molar-refractivity contribution < 1.29 is 38.4 Å². The molecule has 194 valence electrons. The predicted molar refractivity (Wildman–Crippen MR) is 128 cm³/mol. The van der Waals surface area contributed by atoms with E-state index in [2.05, 4.69) is 3.63 Å². The summed E-state index contributed by atoms with van der Waals surface area (Å²) < 4.78 is 110. The number of rotatable bonds is 6. The molecule has 0 bridgehead atoms. The number of hydrogen-bond donors (Lipinski definition) is 0. The molecule has 0 aliphatic rings. The fraction of sp³-hybridized carbons (Fsp3) is 0.0769. The number of halogens is 6. The first-order valence-corrected chi connectivity index (χ1v) is 13.6. The molecule has 0 saturated heterocycles. The zero-order chi connectivity index (χ0) is 26.9. The van der Waals surface area contributed by atoms with Gasteiger partial charge in [0, 0.05) is 0 Å². The summed E-state index contributed by atoms with van der Waals surface area (Å²) in [6.07, 6.45) is -9.28. The molecule has 37 heavy (non-hydrogen) atoms. The van der Waals surface area contributed by atoms with E-state index in [1.807, 2.05) is 0 Å². The van der Waals surface area contributed by atoms with Gasteiger partial charge in [0.1, 0.15) is 4.90 Å². The van der Waals surface area contributed by atoms with E-state index in [1.165, 1.54) is 12.1 Å². The minimum absolute atomic E-state index is 0.202. The lowest BCUT2D eigenvalue weighted by Gasteiger charge is -2.35. The monoisotopic (exact) mass is 557 g/mol. The molecule has 0 heterocycles. The van der Waals surface area contributed by atoms with Crippen LogP contribution in [0.1, 0.15) is 11.1 Å². The van der Waals surface area contributed by atoms with E-state index in [9.17, 15) is 34.8 Å². The van der Waals surface area contributed by atoms with Crippen LogP contribution in [0, 0.1) is 0 Å². The SMILES string of the molecule is O=S(=O)([OH+]S(c1ccccc1)(c1ccccc1)c1ccc(C(F)(F)F)cc1)c1ccc(C(F)(F)F)cc1. The first kappa shape index (κ1) is 26.8. The van der Waals surface area contributed by atoms with Crippen molar-refractivity contribution in [2.75, 3.05) is 0 Å². The van der Waals surface area contributed by atoms with Gasteiger partial charge in [-0.1, -0.05) is 36.4 Å². The van der Waals surface area contributed by atoms with E-state index in [0.717, 1.165) is 24.3 Å². The highest BCUT2D eigenvalue weighted by Crippen LogP contribution is 2.68. The van der Waals surface area contributed by atoms with Gasteiger partial charge < -0.3 is 0 Å². The van der Waals surface area contributed by atoms with Gasteiger partial charge in [0.2, 0.25) is 0 Å². The second-order valence-electron chi connectivity index (χ2n) is 7.80. The van der Waals surface area contributed by atoms with Gasteiger partial charge in [-0.15, -0.1) is 8.42 Å². The quantitative estimate of drug-likeness (QED) is 0.136. The third-order valence-electron chi connectivity index (χ3n) is 5.38. The molecule has 0 atom stereocenters. The van der Waals surface area contributed by atoms with Crippen LogP contribution in [0.3, 0.4) is 0 Å². The molecule has 0 aromatic heterocycles. The van der Waals surface area contributed by atoms with Crippen LogP contribution in [0.4, 0.5) is 26.3 Å². The summed E-state index contributed by atoms with van der Waals surface area (Å²) in [4.78, 5) is 0.553. The Morgan fingerprint density at radius 3 is 1.14 bits per heavy atom. The van der Waals surface area contributed by atoms with Crippen molar-refractivity contribution in [2.45, 2.75) is 31.9 Å². The molecule has 11 heteroatoms. The Kier molecular flexibility index (Phi) is 7.15. The Hall–Kier alpha value is -3.28. The maximum atomic E-state index is 13.5. The first-order chi connectivity index (χ1) is 17.3. The fourth-order valence-electron chi connectivity index (χ4n) is 3.62. The van der Waals surface area contributed by atoms with E-state index in [-0.39, 0.29) is 4.90 Å². The molecule has 3 nitrogen and oxygen atoms in total. The van der Waals surface area contributed by atoms with Crippen LogP contribution in [0.5, 0.6) is 0 Å². The predicted octanol–water partition coefficient (Wildman–Crippen LogP) is 8.40. The van der Waals surface area contributed by atoms with Gasteiger partial charge in [0.05, 0.1) is 36.1 Å². The third kappa shape index (κ3) is 5.53. The van der Waals surface area contributed by atoms with Crippen LogP contribution >= 0.6 is 10.3 Å². The number of alkyl halides is 6. The van der Waals surface area contributed by atoms with Crippen molar-refractivity contribution in [2.24, 2.45) is 0 Å². The van der Waals surface area contributed by atoms with Crippen molar-refractivity contribution in [3.63, 3.8) is 0 Å². The Labute approximate surface area is 211 Å². The van der Waals surface area contributed by atoms with Gasteiger partial charge in [-0.25, -0.2) is 0 Å². The lowest BCUT2D eigenvalue weighted by atomic mass is 10.2. The summed E-state index contributed by atoms with van der Waals surface area (Å²) in [5.41, 5.74) is -1.95. The molecule has 4 aromatic rings. The standard InChI is InChI=1S/C26H18F6O3S2/c27-25(28,29)19-11-15-23(16-12-19)36(21-7-3-1-4-8-21,22-9-5-2-6-10-22)35-37(33,34)24-17-13-20(14-18-24)26(30,31)32/h1-18H/p+1. The topological polar surface area (TPSA) is 46.9 Å². The molecule has 0 spiro atoms. The van der Waals surface area contributed by atoms with Crippen LogP contribution < -0.4 is 0 Å². The van der Waals surface area contributed by atoms with Gasteiger partial charge in [0.15, 0.2) is 0 Å². The van der Waals surface area contributed by atoms with Gasteiger partial charge in [-0.3, -0.25) is 3.63 Å². The maximum Gasteiger partial charge on any atom is 0.422 e. The molecule has 1 N–H and O–H groups in total. The Morgan fingerprint density at radius 1 is 0.459 bits per heavy atom. The Bertz CT molecular complexity index is 1410. The van der Waals surface area contributed by atoms with Gasteiger partial charge >= 0.3 is 22.5 Å². The maximum absolute atomic E-state index is 13.5. The summed E-state index contributed by atoms with van der Waals surface area (Å²) in [5.74, 6) is 0. The van der Waals surface area contributed by atoms with E-state index in [1.54, 1.807) is 60.7 Å². The molecule has 0 unspecified atom stereocenters. The lowest BCUT2D eigenvalue weighted by molar-refractivity contribution is -0.138. The smallest absolute Gasteiger partial charge is 0.258 e. The summed E-state index contributed by atoms with van der Waals surface area (Å²) >= 11 is 0. The zero-order valence-corrected chi connectivity index (χ0v) is 20.4. The van der Waals surface area contributed by atoms with E-state index < -0.39 is 48.8 Å². The minimum atomic E-state index is -4.66. The van der Waals surface area contributed by atoms with Crippen LogP contribution in [-0.4, -0.2) is 12.0 Å². The van der Waals surface area contributed by atoms with E-state index in [4.69, 9.17) is 0 Å². The van der Waals surface area contributed by atoms with Crippen LogP contribution in [-0.2, 0) is 22.5 Å². The summed E-state index contributed by atoms with van der Waals surface area (Å²) in [6, 6.07) is 23.4. The third-order valence-corrected chi connectivity index (χ3v) is 10.8. The second kappa shape index (κ2) is 9.88. The van der Waals surface area contributed by atoms with Crippen LogP contribution in [0.25, 0.3) is 0 Å². The zero-order valence-electron chi connectivity index (χ0n) is 18.7. The average molecular weight is 558 g/mol. The van der Waals surface area contributed by atoms with Gasteiger partial charge in [-0.05, 0) is 72.8 Å². The molecule has 0 fully saturated rings. The molecule has 0 aliphatic carbocycles. The highest BCUT2D eigenvalue weighted by atomic mass is 32.3. The van der Waals surface area contributed by atoms with Crippen molar-refractivity contribution in [3.05, 3.63) is 120 Å². The van der Waals surface area contributed by atoms with Gasteiger partial charge in [0.25, 0.3) is 0 Å². The minimum Gasteiger partial charge on any atom is -0.258 e. The van der Waals surface area contributed by atoms with Crippen LogP contribution in [0.15, 0.2) is 129 Å². The van der Waals surface area contributed by atoms with Crippen LogP contribution in [0.2, 0.25) is 0 Å². The lowest BCUT2D eigenvalue weighted by Crippen LogP contribution is -2.19. The van der Waals surface area contributed by atoms with Crippen molar-refractivity contribution >= 4 is 20.4 Å². The summed E-state index contributed by atoms with van der Waals surface area (Å²) in [7, 11) is -7.68. The van der Waals surface area contributed by atoms with Gasteiger partial charge in [-0.2, -0.15) is 26.3 Å². The Balaban J connectivity index is 1.94. The van der Waals surface area contributed by atoms with Crippen molar-refractivity contribution in [1.29, 1.82) is 0 Å².